The first-order chi connectivity index (χ1) is 6.25. The van der Waals surface area contributed by atoms with Gasteiger partial charge in [0, 0.05) is 26.7 Å². The molecular formula is C10H15N3. The van der Waals surface area contributed by atoms with Crippen LogP contribution in [0.5, 0.6) is 0 Å². The highest BCUT2D eigenvalue weighted by Crippen LogP contribution is 2.02. The fourth-order valence-corrected chi connectivity index (χ4v) is 1.12. The van der Waals surface area contributed by atoms with Crippen molar-refractivity contribution in [1.29, 1.82) is 0 Å². The van der Waals surface area contributed by atoms with Gasteiger partial charge in [0.1, 0.15) is 0 Å². The standard InChI is InChI=1S/C10H15N3/c1-11-12-10(13(2)3)9-7-5-4-6-8-9/h4-8,11H,1-3H3/b12-10-. The van der Waals surface area contributed by atoms with Crippen LogP contribution in [0.3, 0.4) is 0 Å². The predicted molar refractivity (Wildman–Crippen MR) is 55.7 cm³/mol. The van der Waals surface area contributed by atoms with E-state index >= 15 is 0 Å². The van der Waals surface area contributed by atoms with Gasteiger partial charge in [-0.15, -0.1) is 0 Å². The summed E-state index contributed by atoms with van der Waals surface area (Å²) < 4.78 is 0. The average molecular weight is 177 g/mol. The minimum atomic E-state index is 0.933. The summed E-state index contributed by atoms with van der Waals surface area (Å²) in [6.45, 7) is 0. The number of amidine groups is 1. The first kappa shape index (κ1) is 9.58. The molecule has 0 radical (unpaired) electrons. The Morgan fingerprint density at radius 1 is 1.23 bits per heavy atom. The highest BCUT2D eigenvalue weighted by molar-refractivity contribution is 5.98. The lowest BCUT2D eigenvalue weighted by molar-refractivity contribution is 0.613. The number of benzene rings is 1. The summed E-state index contributed by atoms with van der Waals surface area (Å²) in [5, 5.41) is 4.19. The molecule has 13 heavy (non-hydrogen) atoms. The van der Waals surface area contributed by atoms with Crippen LogP contribution in [0, 0.1) is 0 Å². The van der Waals surface area contributed by atoms with Crippen LogP contribution in [0.15, 0.2) is 35.4 Å². The first-order valence-electron chi connectivity index (χ1n) is 4.23. The van der Waals surface area contributed by atoms with Crippen LogP contribution in [-0.4, -0.2) is 31.9 Å². The Balaban J connectivity index is 2.96. The second kappa shape index (κ2) is 4.50. The van der Waals surface area contributed by atoms with Crippen LogP contribution in [0.2, 0.25) is 0 Å². The molecule has 1 aromatic carbocycles. The summed E-state index contributed by atoms with van der Waals surface area (Å²) in [7, 11) is 5.75. The fraction of sp³-hybridized carbons (Fsp3) is 0.300. The van der Waals surface area contributed by atoms with E-state index in [-0.39, 0.29) is 0 Å². The van der Waals surface area contributed by atoms with E-state index < -0.39 is 0 Å². The zero-order chi connectivity index (χ0) is 9.68. The minimum Gasteiger partial charge on any atom is -0.361 e. The molecule has 0 saturated carbocycles. The molecule has 0 heterocycles. The van der Waals surface area contributed by atoms with Gasteiger partial charge in [0.25, 0.3) is 0 Å². The van der Waals surface area contributed by atoms with E-state index in [2.05, 4.69) is 10.5 Å². The van der Waals surface area contributed by atoms with E-state index in [0.717, 1.165) is 11.4 Å². The summed E-state index contributed by atoms with van der Waals surface area (Å²) in [5.74, 6) is 0.933. The highest BCUT2D eigenvalue weighted by Gasteiger charge is 2.03. The maximum Gasteiger partial charge on any atom is 0.155 e. The first-order valence-corrected chi connectivity index (χ1v) is 4.23. The zero-order valence-electron chi connectivity index (χ0n) is 8.28. The molecule has 0 aliphatic rings. The van der Waals surface area contributed by atoms with Gasteiger partial charge < -0.3 is 10.3 Å². The number of rotatable bonds is 2. The second-order valence-corrected chi connectivity index (χ2v) is 2.92. The van der Waals surface area contributed by atoms with Crippen LogP contribution in [0.4, 0.5) is 0 Å². The Morgan fingerprint density at radius 3 is 2.31 bits per heavy atom. The lowest BCUT2D eigenvalue weighted by atomic mass is 10.2. The van der Waals surface area contributed by atoms with Crippen molar-refractivity contribution in [3.8, 4) is 0 Å². The Labute approximate surface area is 79.1 Å². The summed E-state index contributed by atoms with van der Waals surface area (Å²) in [6, 6.07) is 10.1. The molecule has 0 fully saturated rings. The molecule has 1 aromatic rings. The molecule has 0 aromatic heterocycles. The molecule has 0 atom stereocenters. The van der Waals surface area contributed by atoms with Crippen LogP contribution in [-0.2, 0) is 0 Å². The Bertz CT molecular complexity index is 277. The molecule has 0 bridgehead atoms. The van der Waals surface area contributed by atoms with Crippen LogP contribution >= 0.6 is 0 Å². The largest absolute Gasteiger partial charge is 0.361 e. The molecule has 0 saturated heterocycles. The fourth-order valence-electron chi connectivity index (χ4n) is 1.12. The van der Waals surface area contributed by atoms with Crippen molar-refractivity contribution >= 4 is 5.84 Å². The summed E-state index contributed by atoms with van der Waals surface area (Å²) in [6.07, 6.45) is 0. The maximum absolute atomic E-state index is 4.19. The quantitative estimate of drug-likeness (QED) is 0.416. The Morgan fingerprint density at radius 2 is 1.85 bits per heavy atom. The van der Waals surface area contributed by atoms with E-state index in [1.807, 2.05) is 49.3 Å². The van der Waals surface area contributed by atoms with Gasteiger partial charge in [-0.2, -0.15) is 5.10 Å². The second-order valence-electron chi connectivity index (χ2n) is 2.92. The van der Waals surface area contributed by atoms with Gasteiger partial charge in [0.05, 0.1) is 0 Å². The Kier molecular flexibility index (Phi) is 3.31. The minimum absolute atomic E-state index is 0.933. The van der Waals surface area contributed by atoms with Crippen molar-refractivity contribution in [1.82, 2.24) is 10.3 Å². The van der Waals surface area contributed by atoms with Crippen LogP contribution in [0.25, 0.3) is 0 Å². The van der Waals surface area contributed by atoms with Crippen molar-refractivity contribution in [3.05, 3.63) is 35.9 Å². The van der Waals surface area contributed by atoms with Gasteiger partial charge in [-0.3, -0.25) is 0 Å². The van der Waals surface area contributed by atoms with Crippen molar-refractivity contribution in [3.63, 3.8) is 0 Å². The summed E-state index contributed by atoms with van der Waals surface area (Å²) in [4.78, 5) is 1.98. The maximum atomic E-state index is 4.19. The third kappa shape index (κ3) is 2.47. The summed E-state index contributed by atoms with van der Waals surface area (Å²) >= 11 is 0. The van der Waals surface area contributed by atoms with Crippen molar-refractivity contribution in [2.75, 3.05) is 21.1 Å². The molecule has 1 rings (SSSR count). The zero-order valence-corrected chi connectivity index (χ0v) is 8.28. The number of hydrazone groups is 1. The van der Waals surface area contributed by atoms with Crippen molar-refractivity contribution < 1.29 is 0 Å². The lowest BCUT2D eigenvalue weighted by Crippen LogP contribution is -2.25. The summed E-state index contributed by atoms with van der Waals surface area (Å²) in [5.41, 5.74) is 3.91. The molecule has 70 valence electrons. The van der Waals surface area contributed by atoms with E-state index in [9.17, 15) is 0 Å². The molecule has 0 amide bonds. The average Bonchev–Trinajstić information content (AvgIpc) is 2.15. The molecule has 3 heteroatoms. The van der Waals surface area contributed by atoms with Gasteiger partial charge in [0.15, 0.2) is 5.84 Å². The molecule has 1 N–H and O–H groups in total. The van der Waals surface area contributed by atoms with Crippen LogP contribution < -0.4 is 5.43 Å². The van der Waals surface area contributed by atoms with Gasteiger partial charge in [-0.05, 0) is 0 Å². The normalized spacial score (nSPS) is 11.2. The topological polar surface area (TPSA) is 27.6 Å². The van der Waals surface area contributed by atoms with Crippen molar-refractivity contribution in [2.24, 2.45) is 5.10 Å². The third-order valence-electron chi connectivity index (χ3n) is 1.67. The molecule has 0 spiro atoms. The van der Waals surface area contributed by atoms with Gasteiger partial charge >= 0.3 is 0 Å². The smallest absolute Gasteiger partial charge is 0.155 e. The van der Waals surface area contributed by atoms with Gasteiger partial charge in [-0.25, -0.2) is 0 Å². The SMILES string of the molecule is CN/N=C(/c1ccccc1)N(C)C. The molecule has 0 aliphatic carbocycles. The van der Waals surface area contributed by atoms with E-state index in [0.29, 0.717) is 0 Å². The Hall–Kier alpha value is -1.51. The number of hydrogen-bond acceptors (Lipinski definition) is 2. The van der Waals surface area contributed by atoms with Gasteiger partial charge in [0.2, 0.25) is 0 Å². The van der Waals surface area contributed by atoms with E-state index in [1.165, 1.54) is 0 Å². The monoisotopic (exact) mass is 177 g/mol. The number of nitrogens with zero attached hydrogens (tertiary/aromatic N) is 2. The molecular weight excluding hydrogens is 162 g/mol. The third-order valence-corrected chi connectivity index (χ3v) is 1.67. The predicted octanol–water partition coefficient (Wildman–Crippen LogP) is 1.13. The number of nitrogens with one attached hydrogen (secondary N) is 1. The van der Waals surface area contributed by atoms with E-state index in [4.69, 9.17) is 0 Å². The van der Waals surface area contributed by atoms with Crippen LogP contribution in [0.1, 0.15) is 5.56 Å². The molecule has 0 unspecified atom stereocenters. The van der Waals surface area contributed by atoms with Gasteiger partial charge in [-0.1, -0.05) is 30.3 Å². The molecule has 3 nitrogen and oxygen atoms in total. The van der Waals surface area contributed by atoms with E-state index in [1.54, 1.807) is 7.05 Å². The highest BCUT2D eigenvalue weighted by atomic mass is 15.3. The number of hydrogen-bond donors (Lipinski definition) is 1. The molecule has 0 aliphatic heterocycles. The van der Waals surface area contributed by atoms with Crippen molar-refractivity contribution in [2.45, 2.75) is 0 Å². The lowest BCUT2D eigenvalue weighted by Gasteiger charge is -2.15.